The number of ether oxygens (including phenoxy) is 1. The first kappa shape index (κ1) is 19.2. The van der Waals surface area contributed by atoms with E-state index in [1.165, 1.54) is 5.56 Å². The van der Waals surface area contributed by atoms with Crippen molar-refractivity contribution < 1.29 is 4.74 Å². The van der Waals surface area contributed by atoms with Gasteiger partial charge in [-0.15, -0.1) is 24.0 Å². The van der Waals surface area contributed by atoms with Gasteiger partial charge in [-0.2, -0.15) is 5.10 Å². The second-order valence-electron chi connectivity index (χ2n) is 5.09. The van der Waals surface area contributed by atoms with Gasteiger partial charge in [0, 0.05) is 40.5 Å². The van der Waals surface area contributed by atoms with Gasteiger partial charge in [0.05, 0.1) is 11.8 Å². The van der Waals surface area contributed by atoms with Crippen molar-refractivity contribution in [3.05, 3.63) is 18.0 Å². The molecule has 0 atom stereocenters. The van der Waals surface area contributed by atoms with E-state index in [0.29, 0.717) is 6.54 Å². The zero-order valence-corrected chi connectivity index (χ0v) is 15.3. The molecule has 0 aliphatic rings. The summed E-state index contributed by atoms with van der Waals surface area (Å²) in [6.45, 7) is 5.58. The van der Waals surface area contributed by atoms with E-state index in [2.05, 4.69) is 20.7 Å². The van der Waals surface area contributed by atoms with Crippen LogP contribution in [-0.4, -0.2) is 48.6 Å². The Morgan fingerprint density at radius 3 is 2.65 bits per heavy atom. The number of hydrogen-bond donors (Lipinski definition) is 2. The van der Waals surface area contributed by atoms with E-state index in [-0.39, 0.29) is 29.6 Å². The maximum Gasteiger partial charge on any atom is 0.191 e. The van der Waals surface area contributed by atoms with Gasteiger partial charge < -0.3 is 15.4 Å². The second-order valence-corrected chi connectivity index (χ2v) is 5.09. The number of aliphatic imine (C=N–C) groups is 1. The van der Waals surface area contributed by atoms with Crippen molar-refractivity contribution in [3.8, 4) is 0 Å². The molecule has 116 valence electrons. The lowest BCUT2D eigenvalue weighted by Crippen LogP contribution is -2.45. The van der Waals surface area contributed by atoms with Gasteiger partial charge in [-0.05, 0) is 25.8 Å². The minimum absolute atomic E-state index is 0. The summed E-state index contributed by atoms with van der Waals surface area (Å²) in [5, 5.41) is 10.7. The molecule has 1 heterocycles. The van der Waals surface area contributed by atoms with Crippen LogP contribution >= 0.6 is 24.0 Å². The maximum absolute atomic E-state index is 5.35. The number of hydrogen-bond acceptors (Lipinski definition) is 3. The van der Waals surface area contributed by atoms with Crippen LogP contribution in [0.5, 0.6) is 0 Å². The molecule has 0 aliphatic carbocycles. The summed E-state index contributed by atoms with van der Waals surface area (Å²) in [6, 6.07) is 0. The van der Waals surface area contributed by atoms with Crippen LogP contribution in [0, 0.1) is 0 Å². The van der Waals surface area contributed by atoms with E-state index in [9.17, 15) is 0 Å². The molecule has 0 fully saturated rings. The number of nitrogens with one attached hydrogen (secondary N) is 2. The molecule has 1 aromatic rings. The first-order valence-corrected chi connectivity index (χ1v) is 6.44. The fraction of sp³-hybridized carbons (Fsp3) is 0.692. The fourth-order valence-electron chi connectivity index (χ4n) is 1.52. The third kappa shape index (κ3) is 7.09. The zero-order valence-electron chi connectivity index (χ0n) is 12.9. The summed E-state index contributed by atoms with van der Waals surface area (Å²) < 4.78 is 7.16. The maximum atomic E-state index is 5.35. The van der Waals surface area contributed by atoms with E-state index in [0.717, 1.165) is 18.9 Å². The molecule has 0 aromatic carbocycles. The first-order chi connectivity index (χ1) is 8.96. The van der Waals surface area contributed by atoms with Gasteiger partial charge >= 0.3 is 0 Å². The second kappa shape index (κ2) is 9.17. The highest BCUT2D eigenvalue weighted by atomic mass is 127. The Bertz CT molecular complexity index is 417. The van der Waals surface area contributed by atoms with Crippen LogP contribution < -0.4 is 10.6 Å². The van der Waals surface area contributed by atoms with Crippen LogP contribution in [0.1, 0.15) is 19.4 Å². The Morgan fingerprint density at radius 1 is 1.45 bits per heavy atom. The summed E-state index contributed by atoms with van der Waals surface area (Å²) in [6.07, 6.45) is 4.82. The van der Waals surface area contributed by atoms with Gasteiger partial charge in [0.2, 0.25) is 0 Å². The van der Waals surface area contributed by atoms with Crippen molar-refractivity contribution in [2.45, 2.75) is 25.9 Å². The molecule has 1 rings (SSSR count). The molecule has 6 nitrogen and oxygen atoms in total. The fourth-order valence-corrected chi connectivity index (χ4v) is 1.52. The highest BCUT2D eigenvalue weighted by Gasteiger charge is 2.16. The zero-order chi connectivity index (χ0) is 14.3. The van der Waals surface area contributed by atoms with E-state index in [1.807, 2.05) is 38.0 Å². The molecular formula is C13H26IN5O. The van der Waals surface area contributed by atoms with Crippen molar-refractivity contribution in [2.75, 3.05) is 27.2 Å². The van der Waals surface area contributed by atoms with Gasteiger partial charge in [-0.3, -0.25) is 9.67 Å². The quantitative estimate of drug-likeness (QED) is 0.431. The molecule has 0 unspecified atom stereocenters. The number of nitrogens with zero attached hydrogens (tertiary/aromatic N) is 3. The van der Waals surface area contributed by atoms with E-state index < -0.39 is 0 Å². The lowest BCUT2D eigenvalue weighted by molar-refractivity contribution is 0.0268. The minimum atomic E-state index is -0.207. The normalized spacial score (nSPS) is 11.9. The predicted molar refractivity (Wildman–Crippen MR) is 92.8 cm³/mol. The molecule has 0 radical (unpaired) electrons. The van der Waals surface area contributed by atoms with Crippen LogP contribution in [0.15, 0.2) is 17.4 Å². The Kier molecular flexibility index (Phi) is 8.79. The molecule has 20 heavy (non-hydrogen) atoms. The third-order valence-electron chi connectivity index (χ3n) is 2.92. The Hall–Kier alpha value is -0.830. The summed E-state index contributed by atoms with van der Waals surface area (Å²) in [4.78, 5) is 4.18. The number of aromatic nitrogens is 2. The predicted octanol–water partition coefficient (Wildman–Crippen LogP) is 1.17. The Labute approximate surface area is 138 Å². The van der Waals surface area contributed by atoms with Gasteiger partial charge in [0.15, 0.2) is 5.96 Å². The van der Waals surface area contributed by atoms with Gasteiger partial charge in [-0.25, -0.2) is 0 Å². The van der Waals surface area contributed by atoms with Crippen molar-refractivity contribution in [1.82, 2.24) is 20.4 Å². The smallest absolute Gasteiger partial charge is 0.191 e. The standard InChI is InChI=1S/C13H25N5O.HI/c1-13(2,19-5)10-16-12(14-3)15-7-6-11-8-17-18(4)9-11;/h8-9H,6-7,10H2,1-5H3,(H2,14,15,16);1H. The van der Waals surface area contributed by atoms with Crippen LogP contribution in [0.25, 0.3) is 0 Å². The number of rotatable bonds is 6. The van der Waals surface area contributed by atoms with Crippen LogP contribution in [0.2, 0.25) is 0 Å². The summed E-state index contributed by atoms with van der Waals surface area (Å²) in [5.74, 6) is 0.786. The summed E-state index contributed by atoms with van der Waals surface area (Å²) >= 11 is 0. The summed E-state index contributed by atoms with van der Waals surface area (Å²) in [7, 11) is 5.39. The molecule has 1 aromatic heterocycles. The van der Waals surface area contributed by atoms with Crippen molar-refractivity contribution >= 4 is 29.9 Å². The number of aryl methyl sites for hydroxylation is 1. The van der Waals surface area contributed by atoms with E-state index in [4.69, 9.17) is 4.74 Å². The molecule has 0 aliphatic heterocycles. The van der Waals surface area contributed by atoms with Crippen molar-refractivity contribution in [3.63, 3.8) is 0 Å². The molecular weight excluding hydrogens is 369 g/mol. The number of guanidine groups is 1. The molecule has 0 saturated heterocycles. The van der Waals surface area contributed by atoms with Gasteiger partial charge in [-0.1, -0.05) is 0 Å². The minimum Gasteiger partial charge on any atom is -0.377 e. The highest BCUT2D eigenvalue weighted by Crippen LogP contribution is 2.04. The highest BCUT2D eigenvalue weighted by molar-refractivity contribution is 14.0. The Balaban J connectivity index is 0.00000361. The largest absolute Gasteiger partial charge is 0.377 e. The van der Waals surface area contributed by atoms with Gasteiger partial charge in [0.25, 0.3) is 0 Å². The molecule has 0 bridgehead atoms. The van der Waals surface area contributed by atoms with Crippen molar-refractivity contribution in [1.29, 1.82) is 0 Å². The number of halogens is 1. The van der Waals surface area contributed by atoms with E-state index in [1.54, 1.807) is 14.2 Å². The topological polar surface area (TPSA) is 63.5 Å². The molecule has 7 heteroatoms. The summed E-state index contributed by atoms with van der Waals surface area (Å²) in [5.41, 5.74) is 1.00. The SMILES string of the molecule is CN=C(NCCc1cnn(C)c1)NCC(C)(C)OC.I. The average molecular weight is 395 g/mol. The average Bonchev–Trinajstić information content (AvgIpc) is 2.79. The lowest BCUT2D eigenvalue weighted by Gasteiger charge is -2.24. The lowest BCUT2D eigenvalue weighted by atomic mass is 10.1. The molecule has 0 saturated carbocycles. The third-order valence-corrected chi connectivity index (χ3v) is 2.92. The molecule has 2 N–H and O–H groups in total. The number of methoxy groups -OCH3 is 1. The monoisotopic (exact) mass is 395 g/mol. The van der Waals surface area contributed by atoms with Crippen LogP contribution in [-0.2, 0) is 18.2 Å². The van der Waals surface area contributed by atoms with Crippen molar-refractivity contribution in [2.24, 2.45) is 12.0 Å². The van der Waals surface area contributed by atoms with Gasteiger partial charge in [0.1, 0.15) is 0 Å². The molecule has 0 amide bonds. The van der Waals surface area contributed by atoms with Crippen LogP contribution in [0.3, 0.4) is 0 Å². The Morgan fingerprint density at radius 2 is 2.15 bits per heavy atom. The van der Waals surface area contributed by atoms with Crippen LogP contribution in [0.4, 0.5) is 0 Å². The van der Waals surface area contributed by atoms with E-state index >= 15 is 0 Å². The first-order valence-electron chi connectivity index (χ1n) is 6.44. The molecule has 0 spiro atoms.